The molecule has 4 aromatic rings. The Kier molecular flexibility index (Phi) is 4.40. The zero-order valence-corrected chi connectivity index (χ0v) is 17.4. The van der Waals surface area contributed by atoms with Gasteiger partial charge < -0.3 is 19.6 Å². The van der Waals surface area contributed by atoms with Crippen molar-refractivity contribution in [3.63, 3.8) is 0 Å². The third-order valence-corrected chi connectivity index (χ3v) is 5.80. The molecule has 2 aromatic heterocycles. The van der Waals surface area contributed by atoms with E-state index >= 15 is 0 Å². The number of halogens is 1. The molecule has 2 aromatic carbocycles. The Bertz CT molecular complexity index is 1210. The first-order valence-corrected chi connectivity index (χ1v) is 10.2. The van der Waals surface area contributed by atoms with Crippen molar-refractivity contribution in [1.29, 1.82) is 0 Å². The Labute approximate surface area is 174 Å². The maximum Gasteiger partial charge on any atom is 0.227 e. The topological polar surface area (TPSA) is 57.1 Å². The lowest BCUT2D eigenvalue weighted by atomic mass is 10.0. The number of nitrogens with zero attached hydrogens (tertiary/aromatic N) is 2. The van der Waals surface area contributed by atoms with Gasteiger partial charge in [0, 0.05) is 53.6 Å². The summed E-state index contributed by atoms with van der Waals surface area (Å²) in [4.78, 5) is 9.85. The molecule has 5 rings (SSSR count). The number of nitrogens with one attached hydrogen (secondary N) is 2. The minimum atomic E-state index is -0.269. The summed E-state index contributed by atoms with van der Waals surface area (Å²) in [5.41, 5.74) is 4.36. The van der Waals surface area contributed by atoms with E-state index in [9.17, 15) is 4.39 Å². The van der Waals surface area contributed by atoms with Gasteiger partial charge >= 0.3 is 0 Å². The van der Waals surface area contributed by atoms with Gasteiger partial charge in [-0.25, -0.2) is 9.37 Å². The average molecular weight is 404 g/mol. The molecule has 2 N–H and O–H groups in total. The van der Waals surface area contributed by atoms with Gasteiger partial charge in [-0.2, -0.15) is 0 Å². The normalized spacial score (nSPS) is 16.3. The summed E-state index contributed by atoms with van der Waals surface area (Å²) in [5, 5.41) is 4.32. The van der Waals surface area contributed by atoms with E-state index in [1.807, 2.05) is 13.0 Å². The average Bonchev–Trinajstić information content (AvgIpc) is 3.38. The van der Waals surface area contributed by atoms with Crippen LogP contribution in [0.4, 0.5) is 10.1 Å². The highest BCUT2D eigenvalue weighted by molar-refractivity contribution is 5.95. The predicted molar refractivity (Wildman–Crippen MR) is 118 cm³/mol. The number of piperazine rings is 1. The van der Waals surface area contributed by atoms with E-state index in [4.69, 9.17) is 4.42 Å². The van der Waals surface area contributed by atoms with Crippen LogP contribution in [0.3, 0.4) is 0 Å². The molecule has 1 aliphatic rings. The fraction of sp³-hybridized carbons (Fsp3) is 0.292. The zero-order valence-electron chi connectivity index (χ0n) is 17.4. The molecule has 3 heterocycles. The van der Waals surface area contributed by atoms with Gasteiger partial charge in [-0.05, 0) is 62.7 Å². The number of oxazole rings is 1. The molecule has 0 unspecified atom stereocenters. The second kappa shape index (κ2) is 6.99. The molecule has 154 valence electrons. The third-order valence-electron chi connectivity index (χ3n) is 5.80. The highest BCUT2D eigenvalue weighted by Gasteiger charge is 2.25. The zero-order chi connectivity index (χ0) is 20.9. The maximum absolute atomic E-state index is 14.2. The molecule has 5 nitrogen and oxygen atoms in total. The molecule has 0 amide bonds. The number of aryl methyl sites for hydroxylation is 1. The van der Waals surface area contributed by atoms with Crippen LogP contribution < -0.4 is 10.2 Å². The van der Waals surface area contributed by atoms with Crippen molar-refractivity contribution in [1.82, 2.24) is 15.3 Å². The summed E-state index contributed by atoms with van der Waals surface area (Å²) in [7, 11) is 0. The number of aromatic amines is 1. The molecular weight excluding hydrogens is 379 g/mol. The van der Waals surface area contributed by atoms with Gasteiger partial charge in [0.1, 0.15) is 5.82 Å². The Morgan fingerprint density at radius 3 is 2.73 bits per heavy atom. The van der Waals surface area contributed by atoms with Crippen LogP contribution in [0.25, 0.3) is 33.7 Å². The minimum Gasteiger partial charge on any atom is -0.436 e. The van der Waals surface area contributed by atoms with Crippen LogP contribution in [0.15, 0.2) is 53.2 Å². The number of hydrogen-bond acceptors (Lipinski definition) is 4. The molecule has 30 heavy (non-hydrogen) atoms. The highest BCUT2D eigenvalue weighted by Crippen LogP contribution is 2.35. The smallest absolute Gasteiger partial charge is 0.227 e. The first-order valence-electron chi connectivity index (χ1n) is 10.2. The van der Waals surface area contributed by atoms with Crippen molar-refractivity contribution in [3.05, 3.63) is 60.2 Å². The highest BCUT2D eigenvalue weighted by atomic mass is 19.1. The van der Waals surface area contributed by atoms with E-state index in [0.29, 0.717) is 17.2 Å². The standard InChI is InChI=1S/C24H25FN4O/c1-15-12-19(25)22-18(8-9-26-22)21(15)23-27-13-20(30-23)16-4-6-17(7-5-16)29-11-10-28-24(2,3)14-29/h4-9,12-13,26,28H,10-11,14H2,1-3H3. The molecule has 1 fully saturated rings. The first kappa shape index (κ1) is 18.9. The van der Waals surface area contributed by atoms with Crippen LogP contribution in [-0.4, -0.2) is 35.1 Å². The van der Waals surface area contributed by atoms with E-state index in [-0.39, 0.29) is 11.4 Å². The first-order chi connectivity index (χ1) is 14.4. The summed E-state index contributed by atoms with van der Waals surface area (Å²) < 4.78 is 20.3. The Hall–Kier alpha value is -3.12. The number of hydrogen-bond donors (Lipinski definition) is 2. The predicted octanol–water partition coefficient (Wildman–Crippen LogP) is 5.13. The van der Waals surface area contributed by atoms with Crippen molar-refractivity contribution in [3.8, 4) is 22.8 Å². The van der Waals surface area contributed by atoms with Gasteiger partial charge in [-0.3, -0.25) is 0 Å². The molecular formula is C24H25FN4O. The molecule has 0 saturated carbocycles. The van der Waals surface area contributed by atoms with Crippen molar-refractivity contribution < 1.29 is 8.81 Å². The quantitative estimate of drug-likeness (QED) is 0.497. The van der Waals surface area contributed by atoms with Gasteiger partial charge in [0.25, 0.3) is 0 Å². The largest absolute Gasteiger partial charge is 0.436 e. The molecule has 0 radical (unpaired) electrons. The van der Waals surface area contributed by atoms with E-state index in [1.165, 1.54) is 11.8 Å². The lowest BCUT2D eigenvalue weighted by molar-refractivity contribution is 0.353. The van der Waals surface area contributed by atoms with E-state index in [0.717, 1.165) is 41.7 Å². The fourth-order valence-electron chi connectivity index (χ4n) is 4.33. The van der Waals surface area contributed by atoms with Crippen LogP contribution in [-0.2, 0) is 0 Å². The van der Waals surface area contributed by atoms with Crippen LogP contribution in [0.1, 0.15) is 19.4 Å². The summed E-state index contributed by atoms with van der Waals surface area (Å²) in [6, 6.07) is 11.8. The van der Waals surface area contributed by atoms with Crippen molar-refractivity contribution >= 4 is 16.6 Å². The third kappa shape index (κ3) is 3.27. The minimum absolute atomic E-state index is 0.104. The van der Waals surface area contributed by atoms with Crippen LogP contribution in [0.2, 0.25) is 0 Å². The van der Waals surface area contributed by atoms with Crippen molar-refractivity contribution in [2.45, 2.75) is 26.3 Å². The molecule has 0 aliphatic carbocycles. The van der Waals surface area contributed by atoms with Crippen LogP contribution in [0.5, 0.6) is 0 Å². The van der Waals surface area contributed by atoms with Crippen LogP contribution >= 0.6 is 0 Å². The van der Waals surface area contributed by atoms with E-state index in [2.05, 4.69) is 58.3 Å². The second-order valence-electron chi connectivity index (χ2n) is 8.63. The van der Waals surface area contributed by atoms with Gasteiger partial charge in [0.05, 0.1) is 11.7 Å². The van der Waals surface area contributed by atoms with Gasteiger partial charge in [-0.1, -0.05) is 0 Å². The number of benzene rings is 2. The lowest BCUT2D eigenvalue weighted by Crippen LogP contribution is -2.57. The van der Waals surface area contributed by atoms with E-state index in [1.54, 1.807) is 12.4 Å². The Morgan fingerprint density at radius 2 is 1.97 bits per heavy atom. The Morgan fingerprint density at radius 1 is 1.17 bits per heavy atom. The Balaban J connectivity index is 1.45. The van der Waals surface area contributed by atoms with Gasteiger partial charge in [-0.15, -0.1) is 0 Å². The number of aromatic nitrogens is 2. The monoisotopic (exact) mass is 404 g/mol. The summed E-state index contributed by atoms with van der Waals surface area (Å²) in [6.07, 6.45) is 3.47. The molecule has 0 bridgehead atoms. The summed E-state index contributed by atoms with van der Waals surface area (Å²) in [6.45, 7) is 9.26. The van der Waals surface area contributed by atoms with Crippen molar-refractivity contribution in [2.24, 2.45) is 0 Å². The van der Waals surface area contributed by atoms with Gasteiger partial charge in [0.15, 0.2) is 5.76 Å². The molecule has 0 spiro atoms. The fourth-order valence-corrected chi connectivity index (χ4v) is 4.33. The molecule has 1 saturated heterocycles. The molecule has 1 aliphatic heterocycles. The molecule has 0 atom stereocenters. The maximum atomic E-state index is 14.2. The van der Waals surface area contributed by atoms with Crippen molar-refractivity contribution in [2.75, 3.05) is 24.5 Å². The summed E-state index contributed by atoms with van der Waals surface area (Å²) in [5.74, 6) is 0.930. The van der Waals surface area contributed by atoms with Crippen LogP contribution in [0, 0.1) is 12.7 Å². The number of H-pyrrole nitrogens is 1. The summed E-state index contributed by atoms with van der Waals surface area (Å²) >= 11 is 0. The lowest BCUT2D eigenvalue weighted by Gasteiger charge is -2.40. The number of fused-ring (bicyclic) bond motifs is 1. The SMILES string of the molecule is Cc1cc(F)c2[nH]ccc2c1-c1ncc(-c2ccc(N3CCNC(C)(C)C3)cc2)o1. The second-order valence-corrected chi connectivity index (χ2v) is 8.63. The number of anilines is 1. The van der Waals surface area contributed by atoms with E-state index < -0.39 is 0 Å². The molecule has 6 heteroatoms. The number of rotatable bonds is 3. The van der Waals surface area contributed by atoms with Gasteiger partial charge in [0.2, 0.25) is 5.89 Å².